The number of non-ortho nitro benzene ring substituents is 1. The molecule has 0 amide bonds. The lowest BCUT2D eigenvalue weighted by atomic mass is 9.80. The van der Waals surface area contributed by atoms with E-state index in [4.69, 9.17) is 4.74 Å². The first-order chi connectivity index (χ1) is 14.6. The van der Waals surface area contributed by atoms with Gasteiger partial charge in [-0.25, -0.2) is 4.39 Å². The molecule has 2 fully saturated rings. The Morgan fingerprint density at radius 2 is 1.74 bits per heavy atom. The van der Waals surface area contributed by atoms with Crippen molar-refractivity contribution in [2.45, 2.75) is 58.5 Å². The Morgan fingerprint density at radius 3 is 2.29 bits per heavy atom. The van der Waals surface area contributed by atoms with Crippen molar-refractivity contribution < 1.29 is 18.8 Å². The van der Waals surface area contributed by atoms with E-state index in [9.17, 15) is 19.3 Å². The molecule has 1 heterocycles. The topological polar surface area (TPSA) is 75.9 Å². The Morgan fingerprint density at radius 1 is 1.13 bits per heavy atom. The highest BCUT2D eigenvalue weighted by atomic mass is 19.1. The number of nitro groups is 1. The predicted octanol–water partition coefficient (Wildman–Crippen LogP) is 4.39. The molecule has 2 aliphatic rings. The van der Waals surface area contributed by atoms with E-state index in [1.807, 2.05) is 25.7 Å². The van der Waals surface area contributed by atoms with Gasteiger partial charge in [0.05, 0.1) is 16.7 Å². The van der Waals surface area contributed by atoms with E-state index in [1.165, 1.54) is 12.1 Å². The largest absolute Gasteiger partial charge is 0.460 e. The molecule has 31 heavy (non-hydrogen) atoms. The monoisotopic (exact) mass is 435 g/mol. The third kappa shape index (κ3) is 6.89. The van der Waals surface area contributed by atoms with E-state index >= 15 is 0 Å². The van der Waals surface area contributed by atoms with E-state index in [2.05, 4.69) is 4.90 Å². The van der Waals surface area contributed by atoms with Gasteiger partial charge in [-0.15, -0.1) is 0 Å². The van der Waals surface area contributed by atoms with Crippen LogP contribution in [-0.2, 0) is 9.53 Å². The van der Waals surface area contributed by atoms with Crippen LogP contribution in [-0.4, -0.2) is 54.1 Å². The summed E-state index contributed by atoms with van der Waals surface area (Å²) in [5.74, 6) is 0.433. The molecule has 0 radical (unpaired) electrons. The number of halogens is 1. The molecular formula is C23H34FN3O4. The second kappa shape index (κ2) is 9.94. The molecule has 1 saturated heterocycles. The van der Waals surface area contributed by atoms with Crippen LogP contribution in [0.15, 0.2) is 18.2 Å². The Bertz CT molecular complexity index is 780. The van der Waals surface area contributed by atoms with Gasteiger partial charge in [0.15, 0.2) is 5.82 Å². The maximum absolute atomic E-state index is 14.3. The average molecular weight is 436 g/mol. The van der Waals surface area contributed by atoms with Gasteiger partial charge < -0.3 is 9.64 Å². The van der Waals surface area contributed by atoms with Crippen LogP contribution in [0.3, 0.4) is 0 Å². The lowest BCUT2D eigenvalue weighted by Gasteiger charge is -2.39. The minimum absolute atomic E-state index is 0.0921. The zero-order chi connectivity index (χ0) is 22.6. The highest BCUT2D eigenvalue weighted by Crippen LogP contribution is 2.32. The second-order valence-electron chi connectivity index (χ2n) is 9.86. The van der Waals surface area contributed by atoms with Crippen molar-refractivity contribution in [2.75, 3.05) is 37.6 Å². The smallest absolute Gasteiger partial charge is 0.306 e. The Labute approximate surface area is 183 Å². The van der Waals surface area contributed by atoms with Gasteiger partial charge in [-0.2, -0.15) is 0 Å². The molecule has 1 aromatic rings. The van der Waals surface area contributed by atoms with E-state index in [1.54, 1.807) is 0 Å². The Hall–Kier alpha value is -2.22. The quantitative estimate of drug-likeness (QED) is 0.375. The third-order valence-electron chi connectivity index (χ3n) is 6.21. The summed E-state index contributed by atoms with van der Waals surface area (Å²) in [5.41, 5.74) is -0.205. The fourth-order valence-corrected chi connectivity index (χ4v) is 4.64. The summed E-state index contributed by atoms with van der Waals surface area (Å²) < 4.78 is 19.7. The van der Waals surface area contributed by atoms with Crippen molar-refractivity contribution in [3.8, 4) is 0 Å². The summed E-state index contributed by atoms with van der Waals surface area (Å²) in [6.45, 7) is 9.87. The first-order valence-electron chi connectivity index (χ1n) is 11.2. The van der Waals surface area contributed by atoms with Gasteiger partial charge in [0.2, 0.25) is 0 Å². The van der Waals surface area contributed by atoms with Gasteiger partial charge in [-0.05, 0) is 64.4 Å². The summed E-state index contributed by atoms with van der Waals surface area (Å²) in [7, 11) is 0. The van der Waals surface area contributed by atoms with E-state index in [0.29, 0.717) is 37.0 Å². The SMILES string of the molecule is CC(C)(C)OC(=O)CC1CCC(CN2CCN(c3ccc([N+](=O)[O-])cc3F)CC2)CC1. The predicted molar refractivity (Wildman–Crippen MR) is 118 cm³/mol. The van der Waals surface area contributed by atoms with Gasteiger partial charge in [0, 0.05) is 45.2 Å². The van der Waals surface area contributed by atoms with Gasteiger partial charge in [0.1, 0.15) is 5.60 Å². The molecule has 3 rings (SSSR count). The lowest BCUT2D eigenvalue weighted by molar-refractivity contribution is -0.385. The first kappa shape index (κ1) is 23.4. The second-order valence-corrected chi connectivity index (χ2v) is 9.86. The number of piperazine rings is 1. The fraction of sp³-hybridized carbons (Fsp3) is 0.696. The van der Waals surface area contributed by atoms with Crippen LogP contribution in [0.5, 0.6) is 0 Å². The Kier molecular flexibility index (Phi) is 7.51. The van der Waals surface area contributed by atoms with Crippen molar-refractivity contribution in [1.29, 1.82) is 0 Å². The van der Waals surface area contributed by atoms with Crippen LogP contribution in [0, 0.1) is 27.8 Å². The zero-order valence-electron chi connectivity index (χ0n) is 18.8. The molecule has 1 saturated carbocycles. The normalized spacial score (nSPS) is 22.9. The van der Waals surface area contributed by atoms with Gasteiger partial charge in [0.25, 0.3) is 5.69 Å². The van der Waals surface area contributed by atoms with Gasteiger partial charge in [-0.1, -0.05) is 0 Å². The number of anilines is 1. The zero-order valence-corrected chi connectivity index (χ0v) is 18.8. The molecule has 1 aliphatic heterocycles. The standard InChI is InChI=1S/C23H34FN3O4/c1-23(2,3)31-22(28)14-17-4-6-18(7-5-17)16-25-10-12-26(13-11-25)21-9-8-19(27(29)30)15-20(21)24/h8-9,15,17-18H,4-7,10-14,16H2,1-3H3. The molecule has 1 aromatic carbocycles. The maximum Gasteiger partial charge on any atom is 0.306 e. The van der Waals surface area contributed by atoms with Crippen LogP contribution in [0.25, 0.3) is 0 Å². The van der Waals surface area contributed by atoms with Crippen LogP contribution in [0.4, 0.5) is 15.8 Å². The fourth-order valence-electron chi connectivity index (χ4n) is 4.64. The first-order valence-corrected chi connectivity index (χ1v) is 11.2. The number of ether oxygens (including phenoxy) is 1. The lowest BCUT2D eigenvalue weighted by Crippen LogP contribution is -2.48. The summed E-state index contributed by atoms with van der Waals surface area (Å²) in [4.78, 5) is 26.7. The van der Waals surface area contributed by atoms with E-state index in [0.717, 1.165) is 51.4 Å². The average Bonchev–Trinajstić information content (AvgIpc) is 2.68. The number of nitro benzene ring substituents is 1. The minimum atomic E-state index is -0.576. The molecule has 172 valence electrons. The molecule has 1 aliphatic carbocycles. The summed E-state index contributed by atoms with van der Waals surface area (Å²) >= 11 is 0. The van der Waals surface area contributed by atoms with E-state index in [-0.39, 0.29) is 11.7 Å². The third-order valence-corrected chi connectivity index (χ3v) is 6.21. The molecule has 0 spiro atoms. The van der Waals surface area contributed by atoms with Crippen molar-refractivity contribution in [2.24, 2.45) is 11.8 Å². The number of rotatable bonds is 6. The molecule has 0 aromatic heterocycles. The summed E-state index contributed by atoms with van der Waals surface area (Å²) in [5, 5.41) is 10.8. The van der Waals surface area contributed by atoms with Crippen molar-refractivity contribution in [3.63, 3.8) is 0 Å². The van der Waals surface area contributed by atoms with Crippen LogP contribution < -0.4 is 4.90 Å². The summed E-state index contributed by atoms with van der Waals surface area (Å²) in [6.07, 6.45) is 4.91. The number of esters is 1. The molecule has 0 N–H and O–H groups in total. The highest BCUT2D eigenvalue weighted by molar-refractivity contribution is 5.70. The van der Waals surface area contributed by atoms with Crippen molar-refractivity contribution >= 4 is 17.3 Å². The number of benzene rings is 1. The number of carbonyl (C=O) groups is 1. The number of nitrogens with zero attached hydrogens (tertiary/aromatic N) is 3. The Balaban J connectivity index is 1.40. The molecule has 0 atom stereocenters. The summed E-state index contributed by atoms with van der Waals surface area (Å²) in [6, 6.07) is 3.87. The number of hydrogen-bond donors (Lipinski definition) is 0. The number of carbonyl (C=O) groups excluding carboxylic acids is 1. The van der Waals surface area contributed by atoms with Crippen LogP contribution in [0.1, 0.15) is 52.9 Å². The van der Waals surface area contributed by atoms with Crippen molar-refractivity contribution in [1.82, 2.24) is 4.90 Å². The maximum atomic E-state index is 14.3. The van der Waals surface area contributed by atoms with Crippen LogP contribution in [0.2, 0.25) is 0 Å². The highest BCUT2D eigenvalue weighted by Gasteiger charge is 2.28. The van der Waals surface area contributed by atoms with Crippen molar-refractivity contribution in [3.05, 3.63) is 34.1 Å². The van der Waals surface area contributed by atoms with Crippen LogP contribution >= 0.6 is 0 Å². The van der Waals surface area contributed by atoms with E-state index < -0.39 is 16.3 Å². The number of hydrogen-bond acceptors (Lipinski definition) is 6. The molecule has 0 bridgehead atoms. The minimum Gasteiger partial charge on any atom is -0.460 e. The molecular weight excluding hydrogens is 401 g/mol. The van der Waals surface area contributed by atoms with Gasteiger partial charge >= 0.3 is 5.97 Å². The molecule has 8 heteroatoms. The molecule has 0 unspecified atom stereocenters. The molecule has 7 nitrogen and oxygen atoms in total. The van der Waals surface area contributed by atoms with Gasteiger partial charge in [-0.3, -0.25) is 19.8 Å².